The highest BCUT2D eigenvalue weighted by atomic mass is 15.0. The maximum atomic E-state index is 3.99. The average molecular weight is 271 g/mol. The van der Waals surface area contributed by atoms with Crippen molar-refractivity contribution >= 4 is 0 Å². The lowest BCUT2D eigenvalue weighted by atomic mass is 9.71. The Hall–Kier alpha value is -0.820. The summed E-state index contributed by atoms with van der Waals surface area (Å²) in [4.78, 5) is 0. The van der Waals surface area contributed by atoms with Crippen molar-refractivity contribution in [2.24, 2.45) is 0 Å². The molecule has 0 heterocycles. The molecule has 0 amide bonds. The largest absolute Gasteiger partial charge is 0.307 e. The second-order valence-electron chi connectivity index (χ2n) is 7.42. The van der Waals surface area contributed by atoms with Crippen LogP contribution in [0.5, 0.6) is 0 Å². The van der Waals surface area contributed by atoms with Crippen LogP contribution in [0, 0.1) is 0 Å². The van der Waals surface area contributed by atoms with E-state index >= 15 is 0 Å². The molecule has 1 heteroatoms. The Balaban J connectivity index is 1.77. The van der Waals surface area contributed by atoms with E-state index < -0.39 is 0 Å². The third-order valence-corrected chi connectivity index (χ3v) is 5.42. The monoisotopic (exact) mass is 271 g/mol. The summed E-state index contributed by atoms with van der Waals surface area (Å²) < 4.78 is 0. The molecule has 1 atom stereocenters. The number of hydrogen-bond acceptors (Lipinski definition) is 1. The van der Waals surface area contributed by atoms with E-state index in [2.05, 4.69) is 43.4 Å². The zero-order valence-corrected chi connectivity index (χ0v) is 13.1. The Kier molecular flexibility index (Phi) is 4.16. The maximum absolute atomic E-state index is 3.99. The molecule has 1 nitrogen and oxygen atoms in total. The third kappa shape index (κ3) is 2.93. The number of fused-ring (bicyclic) bond motifs is 1. The van der Waals surface area contributed by atoms with Gasteiger partial charge in [-0.1, -0.05) is 63.8 Å². The van der Waals surface area contributed by atoms with Gasteiger partial charge in [-0.3, -0.25) is 0 Å². The molecule has 0 radical (unpaired) electrons. The van der Waals surface area contributed by atoms with Gasteiger partial charge in [-0.25, -0.2) is 0 Å². The summed E-state index contributed by atoms with van der Waals surface area (Å²) in [5.74, 6) is 0. The normalized spacial score (nSPS) is 26.8. The van der Waals surface area contributed by atoms with Crippen LogP contribution >= 0.6 is 0 Å². The molecule has 1 saturated carbocycles. The summed E-state index contributed by atoms with van der Waals surface area (Å²) in [7, 11) is 0. The van der Waals surface area contributed by atoms with E-state index in [1.165, 1.54) is 51.4 Å². The quantitative estimate of drug-likeness (QED) is 0.737. The molecule has 1 aromatic rings. The highest BCUT2D eigenvalue weighted by Gasteiger charge is 2.32. The van der Waals surface area contributed by atoms with E-state index in [-0.39, 0.29) is 0 Å². The molecule has 0 bridgehead atoms. The van der Waals surface area contributed by atoms with Crippen LogP contribution in [-0.2, 0) is 5.41 Å². The van der Waals surface area contributed by atoms with Crippen molar-refractivity contribution < 1.29 is 0 Å². The van der Waals surface area contributed by atoms with Crippen LogP contribution in [0.2, 0.25) is 0 Å². The number of hydrogen-bond donors (Lipinski definition) is 1. The summed E-state index contributed by atoms with van der Waals surface area (Å²) in [5, 5.41) is 3.99. The van der Waals surface area contributed by atoms with Crippen LogP contribution in [0.3, 0.4) is 0 Å². The van der Waals surface area contributed by atoms with E-state index in [1.54, 1.807) is 11.1 Å². The minimum Gasteiger partial charge on any atom is -0.307 e. The van der Waals surface area contributed by atoms with Gasteiger partial charge < -0.3 is 5.32 Å². The first kappa shape index (κ1) is 14.1. The van der Waals surface area contributed by atoms with Crippen molar-refractivity contribution in [3.63, 3.8) is 0 Å². The highest BCUT2D eigenvalue weighted by Crippen LogP contribution is 2.41. The van der Waals surface area contributed by atoms with E-state index in [9.17, 15) is 0 Å². The maximum Gasteiger partial charge on any atom is 0.0325 e. The number of rotatable bonds is 2. The molecule has 110 valence electrons. The van der Waals surface area contributed by atoms with E-state index in [4.69, 9.17) is 0 Å². The molecule has 1 unspecified atom stereocenters. The zero-order valence-electron chi connectivity index (χ0n) is 13.1. The molecule has 1 N–H and O–H groups in total. The van der Waals surface area contributed by atoms with Crippen LogP contribution in [0.15, 0.2) is 24.3 Å². The molecular formula is C19H29N. The minimum atomic E-state index is 0.345. The lowest BCUT2D eigenvalue weighted by Crippen LogP contribution is -2.37. The van der Waals surface area contributed by atoms with Crippen molar-refractivity contribution in [1.29, 1.82) is 0 Å². The molecule has 2 aliphatic rings. The molecule has 2 aliphatic carbocycles. The van der Waals surface area contributed by atoms with Crippen LogP contribution in [0.25, 0.3) is 0 Å². The van der Waals surface area contributed by atoms with Crippen LogP contribution in [-0.4, -0.2) is 6.04 Å². The van der Waals surface area contributed by atoms with Crippen LogP contribution < -0.4 is 5.32 Å². The fourth-order valence-corrected chi connectivity index (χ4v) is 4.12. The van der Waals surface area contributed by atoms with Gasteiger partial charge in [0.1, 0.15) is 0 Å². The molecule has 1 fully saturated rings. The van der Waals surface area contributed by atoms with E-state index in [0.29, 0.717) is 11.5 Å². The fourth-order valence-electron chi connectivity index (χ4n) is 4.12. The summed E-state index contributed by atoms with van der Waals surface area (Å²) >= 11 is 0. The molecule has 3 rings (SSSR count). The van der Waals surface area contributed by atoms with Gasteiger partial charge >= 0.3 is 0 Å². The van der Waals surface area contributed by atoms with Gasteiger partial charge in [0.15, 0.2) is 0 Å². The molecule has 1 aromatic carbocycles. The van der Waals surface area contributed by atoms with E-state index in [0.717, 1.165) is 6.04 Å². The lowest BCUT2D eigenvalue weighted by molar-refractivity contribution is 0.319. The Labute approximate surface area is 124 Å². The molecular weight excluding hydrogens is 242 g/mol. The molecule has 0 aliphatic heterocycles. The Bertz CT molecular complexity index is 441. The SMILES string of the molecule is CC1(C)CCC(NC2CCCCCC2)c2ccccc21. The summed E-state index contributed by atoms with van der Waals surface area (Å²) in [6, 6.07) is 10.4. The zero-order chi connectivity index (χ0) is 14.0. The Morgan fingerprint density at radius 2 is 1.65 bits per heavy atom. The average Bonchev–Trinajstić information content (AvgIpc) is 2.71. The van der Waals surface area contributed by atoms with Crippen molar-refractivity contribution in [2.45, 2.75) is 82.7 Å². The van der Waals surface area contributed by atoms with Gasteiger partial charge in [0.2, 0.25) is 0 Å². The van der Waals surface area contributed by atoms with Gasteiger partial charge in [-0.2, -0.15) is 0 Å². The van der Waals surface area contributed by atoms with Crippen molar-refractivity contribution in [2.75, 3.05) is 0 Å². The van der Waals surface area contributed by atoms with Crippen molar-refractivity contribution in [3.05, 3.63) is 35.4 Å². The van der Waals surface area contributed by atoms with Crippen LogP contribution in [0.4, 0.5) is 0 Å². The standard InChI is InChI=1S/C19H29N/c1-19(2)14-13-18(16-11-7-8-12-17(16)19)20-15-9-5-3-4-6-10-15/h7-8,11-12,15,18,20H,3-6,9-10,13-14H2,1-2H3. The van der Waals surface area contributed by atoms with Gasteiger partial charge in [-0.05, 0) is 42.2 Å². The topological polar surface area (TPSA) is 12.0 Å². The smallest absolute Gasteiger partial charge is 0.0325 e. The van der Waals surface area contributed by atoms with Crippen LogP contribution in [0.1, 0.15) is 82.4 Å². The van der Waals surface area contributed by atoms with Gasteiger partial charge in [0.05, 0.1) is 0 Å². The molecule has 0 aromatic heterocycles. The van der Waals surface area contributed by atoms with Crippen molar-refractivity contribution in [3.8, 4) is 0 Å². The molecule has 0 saturated heterocycles. The Morgan fingerprint density at radius 3 is 2.40 bits per heavy atom. The highest BCUT2D eigenvalue weighted by molar-refractivity contribution is 5.38. The first-order valence-electron chi connectivity index (χ1n) is 8.52. The summed E-state index contributed by atoms with van der Waals surface area (Å²) in [6.45, 7) is 4.79. The first-order chi connectivity index (χ1) is 9.67. The summed E-state index contributed by atoms with van der Waals surface area (Å²) in [5.41, 5.74) is 3.48. The second kappa shape index (κ2) is 5.89. The third-order valence-electron chi connectivity index (χ3n) is 5.42. The Morgan fingerprint density at radius 1 is 0.950 bits per heavy atom. The second-order valence-corrected chi connectivity index (χ2v) is 7.42. The lowest BCUT2D eigenvalue weighted by Gasteiger charge is -2.39. The number of benzene rings is 1. The molecule has 20 heavy (non-hydrogen) atoms. The van der Waals surface area contributed by atoms with Gasteiger partial charge in [-0.15, -0.1) is 0 Å². The van der Waals surface area contributed by atoms with E-state index in [1.807, 2.05) is 0 Å². The van der Waals surface area contributed by atoms with Gasteiger partial charge in [0.25, 0.3) is 0 Å². The predicted molar refractivity (Wildman–Crippen MR) is 86.1 cm³/mol. The minimum absolute atomic E-state index is 0.345. The first-order valence-corrected chi connectivity index (χ1v) is 8.52. The van der Waals surface area contributed by atoms with Crippen molar-refractivity contribution in [1.82, 2.24) is 5.32 Å². The predicted octanol–water partition coefficient (Wildman–Crippen LogP) is 5.11. The van der Waals surface area contributed by atoms with Gasteiger partial charge in [0, 0.05) is 12.1 Å². The number of nitrogens with one attached hydrogen (secondary N) is 1. The summed E-state index contributed by atoms with van der Waals surface area (Å²) in [6.07, 6.45) is 11.0. The molecule has 0 spiro atoms. The fraction of sp³-hybridized carbons (Fsp3) is 0.684.